The molecule has 0 fully saturated rings. The molecule has 1 aromatic rings. The first kappa shape index (κ1) is 15.2. The van der Waals surface area contributed by atoms with Crippen molar-refractivity contribution in [2.45, 2.75) is 65.6 Å². The molecule has 4 nitrogen and oxygen atoms in total. The molecule has 0 aliphatic heterocycles. The molecule has 1 rings (SSSR count). The van der Waals surface area contributed by atoms with Gasteiger partial charge in [0.15, 0.2) is 0 Å². The van der Waals surface area contributed by atoms with Crippen LogP contribution in [-0.2, 0) is 19.4 Å². The van der Waals surface area contributed by atoms with Crippen molar-refractivity contribution in [2.75, 3.05) is 6.54 Å². The number of rotatable bonds is 6. The van der Waals surface area contributed by atoms with Gasteiger partial charge in [-0.25, -0.2) is 0 Å². The van der Waals surface area contributed by atoms with E-state index in [1.54, 1.807) is 0 Å². The van der Waals surface area contributed by atoms with Gasteiger partial charge in [-0.3, -0.25) is 4.68 Å². The molecule has 0 spiro atoms. The number of nitrogens with zero attached hydrogens (tertiary/aromatic N) is 2. The van der Waals surface area contributed by atoms with Crippen molar-refractivity contribution in [3.8, 4) is 0 Å². The Bertz CT molecular complexity index is 366. The maximum absolute atomic E-state index is 10.0. The summed E-state index contributed by atoms with van der Waals surface area (Å²) in [4.78, 5) is 0. The van der Waals surface area contributed by atoms with Crippen LogP contribution in [0.5, 0.6) is 0 Å². The minimum atomic E-state index is -0.404. The van der Waals surface area contributed by atoms with Crippen LogP contribution in [0.15, 0.2) is 6.07 Å². The number of hydrogen-bond donors (Lipinski definition) is 2. The van der Waals surface area contributed by atoms with Crippen LogP contribution < -0.4 is 5.32 Å². The molecule has 1 unspecified atom stereocenters. The zero-order chi connectivity index (χ0) is 13.8. The standard InChI is InChI=1S/C14H27N3O/c1-6-11-8-12(7-2)17(16-11)10-13(18)9-15-14(3,4)5/h8,13,15,18H,6-7,9-10H2,1-5H3. The van der Waals surface area contributed by atoms with E-state index < -0.39 is 6.10 Å². The Balaban J connectivity index is 2.58. The topological polar surface area (TPSA) is 50.1 Å². The molecule has 4 heteroatoms. The number of hydrogen-bond acceptors (Lipinski definition) is 3. The van der Waals surface area contributed by atoms with Crippen LogP contribution in [0.25, 0.3) is 0 Å². The molecular formula is C14H27N3O. The highest BCUT2D eigenvalue weighted by Gasteiger charge is 2.14. The van der Waals surface area contributed by atoms with Crippen LogP contribution in [-0.4, -0.2) is 33.1 Å². The summed E-state index contributed by atoms with van der Waals surface area (Å²) in [6.45, 7) is 11.7. The molecule has 2 N–H and O–H groups in total. The van der Waals surface area contributed by atoms with Gasteiger partial charge in [0, 0.05) is 17.8 Å². The molecule has 0 amide bonds. The van der Waals surface area contributed by atoms with E-state index in [0.29, 0.717) is 13.1 Å². The third-order valence-corrected chi connectivity index (χ3v) is 2.89. The summed E-state index contributed by atoms with van der Waals surface area (Å²) in [6.07, 6.45) is 1.49. The zero-order valence-electron chi connectivity index (χ0n) is 12.3. The minimum Gasteiger partial charge on any atom is -0.390 e. The monoisotopic (exact) mass is 253 g/mol. The molecule has 18 heavy (non-hydrogen) atoms. The Morgan fingerprint density at radius 1 is 1.33 bits per heavy atom. The predicted octanol–water partition coefficient (Wildman–Crippen LogP) is 1.76. The van der Waals surface area contributed by atoms with Gasteiger partial charge in [0.2, 0.25) is 0 Å². The molecule has 1 heterocycles. The van der Waals surface area contributed by atoms with Crippen molar-refractivity contribution in [3.05, 3.63) is 17.5 Å². The van der Waals surface area contributed by atoms with Crippen molar-refractivity contribution < 1.29 is 5.11 Å². The van der Waals surface area contributed by atoms with E-state index in [0.717, 1.165) is 18.5 Å². The van der Waals surface area contributed by atoms with Crippen molar-refractivity contribution in [3.63, 3.8) is 0 Å². The summed E-state index contributed by atoms with van der Waals surface area (Å²) in [5.41, 5.74) is 2.33. The lowest BCUT2D eigenvalue weighted by molar-refractivity contribution is 0.136. The number of nitrogens with one attached hydrogen (secondary N) is 1. The minimum absolute atomic E-state index is 0.0350. The van der Waals surface area contributed by atoms with Crippen molar-refractivity contribution in [1.82, 2.24) is 15.1 Å². The highest BCUT2D eigenvalue weighted by molar-refractivity contribution is 5.10. The summed E-state index contributed by atoms with van der Waals surface area (Å²) in [7, 11) is 0. The lowest BCUT2D eigenvalue weighted by Gasteiger charge is -2.23. The van der Waals surface area contributed by atoms with E-state index in [-0.39, 0.29) is 5.54 Å². The molecule has 0 radical (unpaired) electrons. The van der Waals surface area contributed by atoms with Gasteiger partial charge in [-0.15, -0.1) is 0 Å². The molecule has 1 atom stereocenters. The van der Waals surface area contributed by atoms with Gasteiger partial charge in [-0.1, -0.05) is 13.8 Å². The van der Waals surface area contributed by atoms with E-state index in [9.17, 15) is 5.11 Å². The lowest BCUT2D eigenvalue weighted by atomic mass is 10.1. The Morgan fingerprint density at radius 3 is 2.50 bits per heavy atom. The molecule has 1 aromatic heterocycles. The summed E-state index contributed by atoms with van der Waals surface area (Å²) >= 11 is 0. The number of β-amino-alcohol motifs (C(OH)–C–C–N with tert-alkyl or cyclic N) is 1. The fraction of sp³-hybridized carbons (Fsp3) is 0.786. The summed E-state index contributed by atoms with van der Waals surface area (Å²) in [5, 5.41) is 17.9. The van der Waals surface area contributed by atoms with Crippen LogP contribution in [0.3, 0.4) is 0 Å². The fourth-order valence-corrected chi connectivity index (χ4v) is 1.82. The van der Waals surface area contributed by atoms with E-state index in [1.165, 1.54) is 5.69 Å². The highest BCUT2D eigenvalue weighted by Crippen LogP contribution is 2.07. The maximum atomic E-state index is 10.0. The first-order valence-electron chi connectivity index (χ1n) is 6.84. The first-order chi connectivity index (χ1) is 8.35. The van der Waals surface area contributed by atoms with Crippen LogP contribution in [0.1, 0.15) is 46.0 Å². The third kappa shape index (κ3) is 4.78. The predicted molar refractivity (Wildman–Crippen MR) is 74.7 cm³/mol. The Kier molecular flexibility index (Phi) is 5.35. The second kappa shape index (κ2) is 6.34. The third-order valence-electron chi connectivity index (χ3n) is 2.89. The molecule has 0 aromatic carbocycles. The molecule has 0 saturated heterocycles. The van der Waals surface area contributed by atoms with E-state index >= 15 is 0 Å². The summed E-state index contributed by atoms with van der Waals surface area (Å²) in [6, 6.07) is 2.13. The van der Waals surface area contributed by atoms with Gasteiger partial charge < -0.3 is 10.4 Å². The number of aliphatic hydroxyl groups is 1. The molecule has 104 valence electrons. The lowest BCUT2D eigenvalue weighted by Crippen LogP contribution is -2.42. The number of aryl methyl sites for hydroxylation is 2. The fourth-order valence-electron chi connectivity index (χ4n) is 1.82. The Labute approximate surface area is 110 Å². The highest BCUT2D eigenvalue weighted by atomic mass is 16.3. The summed E-state index contributed by atoms with van der Waals surface area (Å²) < 4.78 is 1.94. The largest absolute Gasteiger partial charge is 0.390 e. The normalized spacial score (nSPS) is 13.9. The van der Waals surface area contributed by atoms with E-state index in [2.05, 4.69) is 51.1 Å². The van der Waals surface area contributed by atoms with E-state index in [4.69, 9.17) is 0 Å². The second-order valence-corrected chi connectivity index (χ2v) is 5.80. The van der Waals surface area contributed by atoms with Gasteiger partial charge in [-0.2, -0.15) is 5.10 Å². The van der Waals surface area contributed by atoms with Crippen LogP contribution in [0.2, 0.25) is 0 Å². The first-order valence-corrected chi connectivity index (χ1v) is 6.84. The Morgan fingerprint density at radius 2 is 2.00 bits per heavy atom. The van der Waals surface area contributed by atoms with Crippen molar-refractivity contribution >= 4 is 0 Å². The van der Waals surface area contributed by atoms with Crippen molar-refractivity contribution in [1.29, 1.82) is 0 Å². The van der Waals surface area contributed by atoms with Gasteiger partial charge in [0.1, 0.15) is 0 Å². The number of aliphatic hydroxyl groups excluding tert-OH is 1. The molecule has 0 aliphatic rings. The van der Waals surface area contributed by atoms with Gasteiger partial charge in [0.25, 0.3) is 0 Å². The van der Waals surface area contributed by atoms with Crippen LogP contribution in [0, 0.1) is 0 Å². The average Bonchev–Trinajstić information content (AvgIpc) is 2.68. The quantitative estimate of drug-likeness (QED) is 0.812. The smallest absolute Gasteiger partial charge is 0.0860 e. The van der Waals surface area contributed by atoms with Gasteiger partial charge >= 0.3 is 0 Å². The molecule has 0 bridgehead atoms. The average molecular weight is 253 g/mol. The summed E-state index contributed by atoms with van der Waals surface area (Å²) in [5.74, 6) is 0. The second-order valence-electron chi connectivity index (χ2n) is 5.80. The Hall–Kier alpha value is -0.870. The zero-order valence-corrected chi connectivity index (χ0v) is 12.3. The van der Waals surface area contributed by atoms with Gasteiger partial charge in [-0.05, 0) is 39.7 Å². The number of aromatic nitrogens is 2. The van der Waals surface area contributed by atoms with E-state index in [1.807, 2.05) is 4.68 Å². The van der Waals surface area contributed by atoms with Crippen LogP contribution >= 0.6 is 0 Å². The van der Waals surface area contributed by atoms with Gasteiger partial charge in [0.05, 0.1) is 18.3 Å². The molecule has 0 saturated carbocycles. The maximum Gasteiger partial charge on any atom is 0.0860 e. The van der Waals surface area contributed by atoms with Crippen LogP contribution in [0.4, 0.5) is 0 Å². The SMILES string of the molecule is CCc1cc(CC)n(CC(O)CNC(C)(C)C)n1. The molecule has 0 aliphatic carbocycles. The molecular weight excluding hydrogens is 226 g/mol. The van der Waals surface area contributed by atoms with Crippen molar-refractivity contribution in [2.24, 2.45) is 0 Å².